The van der Waals surface area contributed by atoms with Crippen molar-refractivity contribution in [1.29, 1.82) is 0 Å². The molecule has 0 saturated carbocycles. The average Bonchev–Trinajstić information content (AvgIpc) is 3.99. The van der Waals surface area contributed by atoms with E-state index in [1.54, 1.807) is 0 Å². The summed E-state index contributed by atoms with van der Waals surface area (Å²) < 4.78 is 19.2. The number of benzene rings is 7. The number of hydrogen-bond acceptors (Lipinski definition) is 1. The third-order valence-electron chi connectivity index (χ3n) is 13.4. The molecule has 0 saturated heterocycles. The van der Waals surface area contributed by atoms with Gasteiger partial charge in [0, 0.05) is 40.2 Å². The van der Waals surface area contributed by atoms with Crippen molar-refractivity contribution in [2.75, 3.05) is 0 Å². The number of fused-ring (bicyclic) bond motifs is 10. The summed E-state index contributed by atoms with van der Waals surface area (Å²) in [4.78, 5) is 0. The van der Waals surface area contributed by atoms with Crippen molar-refractivity contribution in [2.45, 2.75) is 19.5 Å². The Morgan fingerprint density at radius 1 is 0.492 bits per heavy atom. The number of pyridine rings is 1. The molecule has 3 aliphatic heterocycles. The molecular weight excluding hydrogens is 723 g/mol. The quantitative estimate of drug-likeness (QED) is 0.165. The van der Waals surface area contributed by atoms with Crippen LogP contribution in [0.2, 0.25) is 0 Å². The SMILES string of the molecule is Cc1c(-c2ccc(-c3ccc(-n4c5ccccc5c5ccccc54)cc3)cc2)c(C)[n+]2n1-c1cccc3c1C21c2c(ccc4c5ccccc5n(c24)-c2cccc[n+]21)O3. The topological polar surface area (TPSA) is 31.8 Å². The summed E-state index contributed by atoms with van der Waals surface area (Å²) in [6, 6.07) is 61.8. The molecule has 0 radical (unpaired) electrons. The molecular formula is C53H35N5O+2. The molecule has 11 aromatic rings. The zero-order chi connectivity index (χ0) is 38.7. The van der Waals surface area contributed by atoms with Gasteiger partial charge in [0.2, 0.25) is 5.69 Å². The lowest BCUT2D eigenvalue weighted by atomic mass is 9.84. The minimum Gasteiger partial charge on any atom is -0.456 e. The number of para-hydroxylation sites is 3. The maximum absolute atomic E-state index is 6.90. The van der Waals surface area contributed by atoms with E-state index in [1.165, 1.54) is 88.4 Å². The van der Waals surface area contributed by atoms with E-state index >= 15 is 0 Å². The number of aromatic nitrogens is 5. The van der Waals surface area contributed by atoms with Gasteiger partial charge in [0.25, 0.3) is 5.82 Å². The third-order valence-corrected chi connectivity index (χ3v) is 13.4. The molecule has 1 atom stereocenters. The van der Waals surface area contributed by atoms with Crippen LogP contribution in [0, 0.1) is 13.8 Å². The third kappa shape index (κ3) is 3.65. The zero-order valence-corrected chi connectivity index (χ0v) is 32.4. The fraction of sp³-hybridized carbons (Fsp3) is 0.0566. The predicted octanol–water partition coefficient (Wildman–Crippen LogP) is 11.2. The van der Waals surface area contributed by atoms with Gasteiger partial charge in [-0.2, -0.15) is 9.13 Å². The second-order valence-electron chi connectivity index (χ2n) is 16.2. The molecule has 1 unspecified atom stereocenters. The van der Waals surface area contributed by atoms with E-state index < -0.39 is 5.66 Å². The Labute approximate surface area is 339 Å². The normalized spacial score (nSPS) is 15.5. The Morgan fingerprint density at radius 2 is 1.08 bits per heavy atom. The van der Waals surface area contributed by atoms with Gasteiger partial charge in [-0.1, -0.05) is 102 Å². The van der Waals surface area contributed by atoms with Gasteiger partial charge in [-0.25, -0.2) is 0 Å². The fourth-order valence-corrected chi connectivity index (χ4v) is 11.2. The molecule has 3 aliphatic rings. The summed E-state index contributed by atoms with van der Waals surface area (Å²) in [5, 5.41) is 5.02. The molecule has 0 amide bonds. The molecule has 14 rings (SSSR count). The molecule has 6 heteroatoms. The van der Waals surface area contributed by atoms with Crippen LogP contribution in [0.15, 0.2) is 176 Å². The molecule has 0 aliphatic carbocycles. The monoisotopic (exact) mass is 757 g/mol. The number of rotatable bonds is 3. The number of nitrogens with zero attached hydrogens (tertiary/aromatic N) is 5. The van der Waals surface area contributed by atoms with Gasteiger partial charge in [0.1, 0.15) is 28.3 Å². The van der Waals surface area contributed by atoms with Crippen LogP contribution in [0.4, 0.5) is 0 Å². The lowest BCUT2D eigenvalue weighted by molar-refractivity contribution is -0.995. The largest absolute Gasteiger partial charge is 0.456 e. The second kappa shape index (κ2) is 10.8. The highest BCUT2D eigenvalue weighted by atomic mass is 16.5. The molecule has 276 valence electrons. The Balaban J connectivity index is 0.943. The van der Waals surface area contributed by atoms with Gasteiger partial charge in [0.05, 0.1) is 28.5 Å². The van der Waals surface area contributed by atoms with E-state index in [4.69, 9.17) is 4.74 Å². The predicted molar refractivity (Wildman–Crippen MR) is 233 cm³/mol. The molecule has 7 heterocycles. The van der Waals surface area contributed by atoms with Crippen molar-refractivity contribution in [2.24, 2.45) is 0 Å². The number of ether oxygens (including phenoxy) is 1. The Bertz CT molecular complexity index is 3610. The first-order chi connectivity index (χ1) is 29.1. The van der Waals surface area contributed by atoms with Gasteiger partial charge in [-0.05, 0) is 90.3 Å². The number of hydrogen-bond donors (Lipinski definition) is 0. The average molecular weight is 758 g/mol. The van der Waals surface area contributed by atoms with Gasteiger partial charge in [0.15, 0.2) is 11.1 Å². The van der Waals surface area contributed by atoms with Gasteiger partial charge in [-0.3, -0.25) is 0 Å². The first-order valence-corrected chi connectivity index (χ1v) is 20.4. The van der Waals surface area contributed by atoms with Crippen molar-refractivity contribution in [1.82, 2.24) is 13.8 Å². The molecule has 7 aromatic carbocycles. The van der Waals surface area contributed by atoms with E-state index in [0.29, 0.717) is 0 Å². The molecule has 1 spiro atoms. The highest BCUT2D eigenvalue weighted by molar-refractivity contribution is 6.12. The minimum absolute atomic E-state index is 0.717. The molecule has 0 bridgehead atoms. The van der Waals surface area contributed by atoms with E-state index in [2.05, 4.69) is 213 Å². The highest BCUT2D eigenvalue weighted by Gasteiger charge is 2.69. The van der Waals surface area contributed by atoms with Gasteiger partial charge < -0.3 is 9.30 Å². The van der Waals surface area contributed by atoms with Crippen LogP contribution in [0.25, 0.3) is 83.1 Å². The lowest BCUT2D eigenvalue weighted by Crippen LogP contribution is -2.77. The maximum Gasteiger partial charge on any atom is 0.397 e. The molecule has 0 N–H and O–H groups in total. The van der Waals surface area contributed by atoms with Crippen LogP contribution in [0.1, 0.15) is 22.5 Å². The summed E-state index contributed by atoms with van der Waals surface area (Å²) in [6.45, 7) is 4.56. The molecule has 4 aromatic heterocycles. The zero-order valence-electron chi connectivity index (χ0n) is 32.4. The lowest BCUT2D eigenvalue weighted by Gasteiger charge is -2.33. The van der Waals surface area contributed by atoms with Crippen LogP contribution in [0.3, 0.4) is 0 Å². The summed E-state index contributed by atoms with van der Waals surface area (Å²) in [7, 11) is 0. The summed E-state index contributed by atoms with van der Waals surface area (Å²) >= 11 is 0. The van der Waals surface area contributed by atoms with Crippen molar-refractivity contribution in [3.05, 3.63) is 199 Å². The standard InChI is InChI=1S/C53H35N5O/c1-32-49(36-23-21-34(22-24-36)35-25-27-37(28-26-35)55-42-15-6-3-12-38(42)39-13-4-7-16-43(39)55)33(2)58-53-50-45(57(32)58)18-11-19-46(50)59-47-30-29-41-40-14-5-8-17-44(40)56(52(41)51(47)53)48-20-9-10-31-54(48)53/h3-31H,1-2H3/q+2. The summed E-state index contributed by atoms with van der Waals surface area (Å²) in [6.07, 6.45) is 2.26. The van der Waals surface area contributed by atoms with Crippen molar-refractivity contribution < 1.29 is 14.0 Å². The van der Waals surface area contributed by atoms with Crippen LogP contribution in [0.5, 0.6) is 11.5 Å². The first-order valence-electron chi connectivity index (χ1n) is 20.4. The van der Waals surface area contributed by atoms with E-state index in [9.17, 15) is 0 Å². The van der Waals surface area contributed by atoms with Crippen LogP contribution in [-0.2, 0) is 5.66 Å². The highest BCUT2D eigenvalue weighted by Crippen LogP contribution is 2.56. The van der Waals surface area contributed by atoms with Crippen molar-refractivity contribution >= 4 is 43.6 Å². The molecule has 6 nitrogen and oxygen atoms in total. The van der Waals surface area contributed by atoms with Crippen LogP contribution >= 0.6 is 0 Å². The van der Waals surface area contributed by atoms with E-state index in [1.807, 2.05) is 0 Å². The van der Waals surface area contributed by atoms with E-state index in [-0.39, 0.29) is 0 Å². The van der Waals surface area contributed by atoms with Crippen molar-refractivity contribution in [3.63, 3.8) is 0 Å². The Hall–Kier alpha value is -7.70. The summed E-state index contributed by atoms with van der Waals surface area (Å²) in [5.41, 5.74) is 16.0. The smallest absolute Gasteiger partial charge is 0.397 e. The van der Waals surface area contributed by atoms with Gasteiger partial charge in [-0.15, -0.1) is 4.68 Å². The van der Waals surface area contributed by atoms with Gasteiger partial charge >= 0.3 is 5.66 Å². The summed E-state index contributed by atoms with van der Waals surface area (Å²) in [5.74, 6) is 2.91. The first kappa shape index (κ1) is 31.4. The molecule has 59 heavy (non-hydrogen) atoms. The van der Waals surface area contributed by atoms with Crippen molar-refractivity contribution in [3.8, 4) is 50.9 Å². The fourth-order valence-electron chi connectivity index (χ4n) is 11.2. The van der Waals surface area contributed by atoms with Crippen LogP contribution < -0.4 is 14.0 Å². The Morgan fingerprint density at radius 3 is 1.80 bits per heavy atom. The Kier molecular flexibility index (Phi) is 5.76. The van der Waals surface area contributed by atoms with Crippen LogP contribution in [-0.4, -0.2) is 13.8 Å². The van der Waals surface area contributed by atoms with E-state index in [0.717, 1.165) is 28.7 Å². The molecule has 0 fully saturated rings. The minimum atomic E-state index is -0.717. The second-order valence-corrected chi connectivity index (χ2v) is 16.2. The maximum atomic E-state index is 6.90.